The minimum atomic E-state index is -1.10. The van der Waals surface area contributed by atoms with Crippen molar-refractivity contribution < 1.29 is 19.8 Å². The van der Waals surface area contributed by atoms with Gasteiger partial charge in [-0.15, -0.1) is 0 Å². The molecule has 16 heavy (non-hydrogen) atoms. The van der Waals surface area contributed by atoms with Crippen molar-refractivity contribution in [2.45, 2.75) is 44.9 Å². The molecule has 0 aromatic carbocycles. The van der Waals surface area contributed by atoms with E-state index in [1.54, 1.807) is 0 Å². The number of carbonyl (C=O) groups excluding carboxylic acids is 1. The lowest BCUT2D eigenvalue weighted by Crippen LogP contribution is -2.63. The second kappa shape index (κ2) is 4.39. The molecule has 6 heteroatoms. The number of amides is 1. The Hall–Kier alpha value is -1.14. The van der Waals surface area contributed by atoms with Gasteiger partial charge >= 0.3 is 5.97 Å². The zero-order valence-electron chi connectivity index (χ0n) is 9.43. The summed E-state index contributed by atoms with van der Waals surface area (Å²) in [5.41, 5.74) is 5.04. The fourth-order valence-electron chi connectivity index (χ4n) is 1.71. The van der Waals surface area contributed by atoms with Crippen molar-refractivity contribution in [2.24, 2.45) is 11.1 Å². The van der Waals surface area contributed by atoms with Crippen molar-refractivity contribution in [2.75, 3.05) is 0 Å². The molecule has 3 atom stereocenters. The summed E-state index contributed by atoms with van der Waals surface area (Å²) < 4.78 is 0. The number of rotatable bonds is 4. The monoisotopic (exact) mass is 230 g/mol. The van der Waals surface area contributed by atoms with Crippen molar-refractivity contribution in [3.8, 4) is 0 Å². The van der Waals surface area contributed by atoms with E-state index in [0.717, 1.165) is 0 Å². The van der Waals surface area contributed by atoms with Gasteiger partial charge in [0.2, 0.25) is 5.91 Å². The molecule has 0 aromatic heterocycles. The first-order valence-corrected chi connectivity index (χ1v) is 5.21. The lowest BCUT2D eigenvalue weighted by Gasteiger charge is -2.49. The van der Waals surface area contributed by atoms with Crippen LogP contribution in [0.15, 0.2) is 0 Å². The summed E-state index contributed by atoms with van der Waals surface area (Å²) in [5, 5.41) is 20.6. The summed E-state index contributed by atoms with van der Waals surface area (Å²) >= 11 is 0. The molecule has 0 aromatic rings. The number of carboxylic acid groups (broad SMARTS) is 1. The van der Waals surface area contributed by atoms with Gasteiger partial charge in [0, 0.05) is 11.5 Å². The van der Waals surface area contributed by atoms with E-state index in [4.69, 9.17) is 10.8 Å². The average molecular weight is 230 g/mol. The molecule has 1 rings (SSSR count). The number of hydrogen-bond acceptors (Lipinski definition) is 4. The predicted octanol–water partition coefficient (Wildman–Crippen LogP) is -0.936. The minimum Gasteiger partial charge on any atom is -0.481 e. The van der Waals surface area contributed by atoms with Crippen LogP contribution in [-0.4, -0.2) is 40.3 Å². The highest BCUT2D eigenvalue weighted by Gasteiger charge is 2.48. The third kappa shape index (κ3) is 2.51. The number of nitrogens with one attached hydrogen (secondary N) is 1. The Morgan fingerprint density at radius 2 is 2.12 bits per heavy atom. The Bertz CT molecular complexity index is 303. The lowest BCUT2D eigenvalue weighted by molar-refractivity contribution is -0.141. The average Bonchev–Trinajstić information content (AvgIpc) is 2.16. The maximum Gasteiger partial charge on any atom is 0.305 e. The van der Waals surface area contributed by atoms with Crippen molar-refractivity contribution in [3.05, 3.63) is 0 Å². The summed E-state index contributed by atoms with van der Waals surface area (Å²) in [6.45, 7) is 3.68. The summed E-state index contributed by atoms with van der Waals surface area (Å²) in [6.07, 6.45) is -0.339. The molecule has 1 aliphatic rings. The van der Waals surface area contributed by atoms with Crippen LogP contribution in [0.5, 0.6) is 0 Å². The first-order chi connectivity index (χ1) is 7.25. The summed E-state index contributed by atoms with van der Waals surface area (Å²) in [4.78, 5) is 21.9. The Morgan fingerprint density at radius 3 is 2.50 bits per heavy atom. The molecule has 1 saturated carbocycles. The van der Waals surface area contributed by atoms with Crippen LogP contribution in [-0.2, 0) is 9.59 Å². The Balaban J connectivity index is 2.44. The van der Waals surface area contributed by atoms with E-state index in [9.17, 15) is 14.7 Å². The van der Waals surface area contributed by atoms with Gasteiger partial charge in [-0.2, -0.15) is 0 Å². The molecular weight excluding hydrogens is 212 g/mol. The molecule has 0 aliphatic heterocycles. The molecule has 1 amide bonds. The van der Waals surface area contributed by atoms with Crippen molar-refractivity contribution in [3.63, 3.8) is 0 Å². The highest BCUT2D eigenvalue weighted by atomic mass is 16.4. The normalized spacial score (nSPS) is 29.0. The van der Waals surface area contributed by atoms with Gasteiger partial charge < -0.3 is 21.3 Å². The van der Waals surface area contributed by atoms with Crippen molar-refractivity contribution >= 4 is 11.9 Å². The summed E-state index contributed by atoms with van der Waals surface area (Å²) in [5.74, 6) is -1.58. The van der Waals surface area contributed by atoms with Crippen LogP contribution in [0.25, 0.3) is 0 Å². The van der Waals surface area contributed by atoms with Crippen LogP contribution < -0.4 is 11.1 Å². The van der Waals surface area contributed by atoms with Gasteiger partial charge in [-0.25, -0.2) is 0 Å². The maximum absolute atomic E-state index is 11.5. The summed E-state index contributed by atoms with van der Waals surface area (Å²) in [6, 6.07) is -1.18. The Kier molecular flexibility index (Phi) is 3.54. The largest absolute Gasteiger partial charge is 0.481 e. The number of carbonyl (C=O) groups is 2. The maximum atomic E-state index is 11.5. The van der Waals surface area contributed by atoms with E-state index in [1.165, 1.54) is 0 Å². The second-order valence-corrected chi connectivity index (χ2v) is 4.84. The molecule has 0 spiro atoms. The Morgan fingerprint density at radius 1 is 1.56 bits per heavy atom. The first kappa shape index (κ1) is 12.9. The number of nitrogens with two attached hydrogens (primary N) is 1. The SMILES string of the molecule is CC1(C)C(O)CC1NC(=O)C(N)CC(=O)O. The molecule has 1 aliphatic carbocycles. The van der Waals surface area contributed by atoms with E-state index < -0.39 is 24.0 Å². The van der Waals surface area contributed by atoms with Gasteiger partial charge in [0.25, 0.3) is 0 Å². The van der Waals surface area contributed by atoms with E-state index in [2.05, 4.69) is 5.32 Å². The van der Waals surface area contributed by atoms with E-state index in [1.807, 2.05) is 13.8 Å². The molecular formula is C10H18N2O4. The molecule has 92 valence electrons. The van der Waals surface area contributed by atoms with Crippen molar-refractivity contribution in [1.29, 1.82) is 0 Å². The Labute approximate surface area is 93.8 Å². The van der Waals surface area contributed by atoms with E-state index >= 15 is 0 Å². The third-order valence-electron chi connectivity index (χ3n) is 3.26. The van der Waals surface area contributed by atoms with Crippen LogP contribution in [0, 0.1) is 5.41 Å². The van der Waals surface area contributed by atoms with Gasteiger partial charge in [0.15, 0.2) is 0 Å². The van der Waals surface area contributed by atoms with Crippen LogP contribution in [0.2, 0.25) is 0 Å². The molecule has 0 radical (unpaired) electrons. The van der Waals surface area contributed by atoms with Gasteiger partial charge in [-0.05, 0) is 6.42 Å². The summed E-state index contributed by atoms with van der Waals surface area (Å²) in [7, 11) is 0. The zero-order chi connectivity index (χ0) is 12.5. The highest BCUT2D eigenvalue weighted by molar-refractivity contribution is 5.86. The number of hydrogen-bond donors (Lipinski definition) is 4. The van der Waals surface area contributed by atoms with Gasteiger partial charge in [-0.3, -0.25) is 9.59 Å². The fourth-order valence-corrected chi connectivity index (χ4v) is 1.71. The molecule has 1 fully saturated rings. The predicted molar refractivity (Wildman–Crippen MR) is 56.6 cm³/mol. The third-order valence-corrected chi connectivity index (χ3v) is 3.26. The molecule has 0 bridgehead atoms. The van der Waals surface area contributed by atoms with Crippen LogP contribution in [0.1, 0.15) is 26.7 Å². The lowest BCUT2D eigenvalue weighted by atomic mass is 9.64. The fraction of sp³-hybridized carbons (Fsp3) is 0.800. The van der Waals surface area contributed by atoms with Crippen LogP contribution >= 0.6 is 0 Å². The zero-order valence-corrected chi connectivity index (χ0v) is 9.43. The second-order valence-electron chi connectivity index (χ2n) is 4.84. The standard InChI is InChI=1S/C10H18N2O4/c1-10(2)6(4-7(10)13)12-9(16)5(11)3-8(14)15/h5-7,13H,3-4,11H2,1-2H3,(H,12,16)(H,14,15). The topological polar surface area (TPSA) is 113 Å². The van der Waals surface area contributed by atoms with Crippen molar-refractivity contribution in [1.82, 2.24) is 5.32 Å². The van der Waals surface area contributed by atoms with Gasteiger partial charge in [0.05, 0.1) is 18.6 Å². The molecule has 6 nitrogen and oxygen atoms in total. The molecule has 0 saturated heterocycles. The number of aliphatic hydroxyl groups is 1. The molecule has 5 N–H and O–H groups in total. The van der Waals surface area contributed by atoms with Crippen LogP contribution in [0.3, 0.4) is 0 Å². The van der Waals surface area contributed by atoms with Gasteiger partial charge in [-0.1, -0.05) is 13.8 Å². The number of aliphatic carboxylic acids is 1. The minimum absolute atomic E-state index is 0.144. The first-order valence-electron chi connectivity index (χ1n) is 5.21. The van der Waals surface area contributed by atoms with E-state index in [-0.39, 0.29) is 17.9 Å². The smallest absolute Gasteiger partial charge is 0.305 e. The van der Waals surface area contributed by atoms with Gasteiger partial charge in [0.1, 0.15) is 0 Å². The highest BCUT2D eigenvalue weighted by Crippen LogP contribution is 2.40. The number of carboxylic acids is 1. The van der Waals surface area contributed by atoms with Crippen LogP contribution in [0.4, 0.5) is 0 Å². The quantitative estimate of drug-likeness (QED) is 0.498. The molecule has 3 unspecified atom stereocenters. The number of aliphatic hydroxyl groups excluding tert-OH is 1. The van der Waals surface area contributed by atoms with E-state index in [0.29, 0.717) is 6.42 Å². The molecule has 0 heterocycles.